The van der Waals surface area contributed by atoms with Crippen molar-refractivity contribution in [3.05, 3.63) is 24.3 Å². The molecule has 5 nitrogen and oxygen atoms in total. The van der Waals surface area contributed by atoms with Crippen molar-refractivity contribution in [3.8, 4) is 0 Å². The minimum Gasteiger partial charge on any atom is -0.326 e. The molecule has 5 rings (SSSR count). The third kappa shape index (κ3) is 3.29. The van der Waals surface area contributed by atoms with Crippen LogP contribution >= 0.6 is 0 Å². The van der Waals surface area contributed by atoms with Gasteiger partial charge in [-0.1, -0.05) is 0 Å². The topological polar surface area (TPSA) is 75.3 Å². The summed E-state index contributed by atoms with van der Waals surface area (Å²) in [6.45, 7) is 3.48. The van der Waals surface area contributed by atoms with Gasteiger partial charge in [-0.2, -0.15) is 0 Å². The molecule has 142 valence electrons. The first-order chi connectivity index (χ1) is 12.3. The van der Waals surface area contributed by atoms with Gasteiger partial charge in [-0.3, -0.25) is 4.79 Å². The number of carbonyl (C=O) groups is 1. The predicted molar refractivity (Wildman–Crippen MR) is 101 cm³/mol. The summed E-state index contributed by atoms with van der Waals surface area (Å²) < 4.78 is 28.7. The molecule has 4 fully saturated rings. The Bertz CT molecular complexity index is 766. The molecule has 1 aromatic carbocycles. The fourth-order valence-corrected chi connectivity index (χ4v) is 7.40. The van der Waals surface area contributed by atoms with E-state index < -0.39 is 10.0 Å². The molecule has 2 N–H and O–H groups in total. The smallest absolute Gasteiger partial charge is 0.240 e. The van der Waals surface area contributed by atoms with Gasteiger partial charge < -0.3 is 5.32 Å². The van der Waals surface area contributed by atoms with Crippen LogP contribution in [0, 0.1) is 23.2 Å². The van der Waals surface area contributed by atoms with Gasteiger partial charge in [0.1, 0.15) is 0 Å². The van der Waals surface area contributed by atoms with Gasteiger partial charge in [0.05, 0.1) is 4.90 Å². The average molecular weight is 377 g/mol. The fraction of sp³-hybridized carbons (Fsp3) is 0.650. The fourth-order valence-electron chi connectivity index (χ4n) is 6.05. The predicted octanol–water partition coefficient (Wildman–Crippen LogP) is 3.53. The number of hydrogen-bond acceptors (Lipinski definition) is 3. The van der Waals surface area contributed by atoms with Crippen molar-refractivity contribution < 1.29 is 13.2 Å². The Labute approximate surface area is 156 Å². The first-order valence-corrected chi connectivity index (χ1v) is 11.1. The van der Waals surface area contributed by atoms with Crippen molar-refractivity contribution in [1.29, 1.82) is 0 Å². The summed E-state index contributed by atoms with van der Waals surface area (Å²) in [5, 5.41) is 2.66. The Morgan fingerprint density at radius 2 is 1.54 bits per heavy atom. The lowest BCUT2D eigenvalue weighted by molar-refractivity contribution is -0.114. The molecular formula is C20H28N2O3S. The zero-order valence-electron chi connectivity index (χ0n) is 15.5. The second kappa shape index (κ2) is 6.34. The maximum atomic E-state index is 12.9. The number of hydrogen-bond donors (Lipinski definition) is 2. The molecule has 4 aliphatic rings. The molecule has 0 unspecified atom stereocenters. The molecule has 0 heterocycles. The number of sulfonamides is 1. The van der Waals surface area contributed by atoms with Crippen molar-refractivity contribution in [2.75, 3.05) is 5.32 Å². The summed E-state index contributed by atoms with van der Waals surface area (Å²) in [6.07, 6.45) is 7.56. The second-order valence-corrected chi connectivity index (χ2v) is 10.5. The molecule has 0 aromatic heterocycles. The Morgan fingerprint density at radius 3 is 2.00 bits per heavy atom. The summed E-state index contributed by atoms with van der Waals surface area (Å²) in [5.74, 6) is 2.22. The maximum absolute atomic E-state index is 12.9. The van der Waals surface area contributed by atoms with Crippen LogP contribution in [-0.2, 0) is 14.8 Å². The van der Waals surface area contributed by atoms with E-state index in [2.05, 4.69) is 17.0 Å². The SMILES string of the molecule is CC(=O)Nc1ccc(S(=O)(=O)N[C@H](C)C23CC4CC(CC(C4)C2)C3)cc1. The van der Waals surface area contributed by atoms with Crippen LogP contribution in [0.1, 0.15) is 52.4 Å². The zero-order chi connectivity index (χ0) is 18.5. The van der Waals surface area contributed by atoms with Gasteiger partial charge >= 0.3 is 0 Å². The molecule has 1 aromatic rings. The summed E-state index contributed by atoms with van der Waals surface area (Å²) in [6, 6.07) is 6.33. The molecule has 4 bridgehead atoms. The van der Waals surface area contributed by atoms with Crippen molar-refractivity contribution in [2.45, 2.75) is 63.3 Å². The summed E-state index contributed by atoms with van der Waals surface area (Å²) in [4.78, 5) is 11.4. The monoisotopic (exact) mass is 376 g/mol. The van der Waals surface area contributed by atoms with Gasteiger partial charge in [-0.05, 0) is 92.9 Å². The molecule has 4 aliphatic carbocycles. The van der Waals surface area contributed by atoms with E-state index in [0.29, 0.717) is 5.69 Å². The van der Waals surface area contributed by atoms with Gasteiger partial charge in [0.15, 0.2) is 0 Å². The maximum Gasteiger partial charge on any atom is 0.240 e. The minimum atomic E-state index is -3.56. The standard InChI is InChI=1S/C20H28N2O3S/c1-13(20-10-15-7-16(11-20)9-17(8-15)12-20)22-26(24,25)19-5-3-18(4-6-19)21-14(2)23/h3-6,13,15-17,22H,7-12H2,1-2H3,(H,21,23)/t13-,15?,16?,17?,20?/m1/s1. The van der Waals surface area contributed by atoms with Crippen molar-refractivity contribution in [2.24, 2.45) is 23.2 Å². The Balaban J connectivity index is 1.50. The molecule has 1 atom stereocenters. The van der Waals surface area contributed by atoms with E-state index in [1.165, 1.54) is 45.4 Å². The minimum absolute atomic E-state index is 0.0454. The largest absolute Gasteiger partial charge is 0.326 e. The second-order valence-electron chi connectivity index (χ2n) is 8.83. The summed E-state index contributed by atoms with van der Waals surface area (Å²) in [7, 11) is -3.56. The van der Waals surface area contributed by atoms with Gasteiger partial charge in [0, 0.05) is 18.7 Å². The first kappa shape index (κ1) is 18.0. The number of nitrogens with one attached hydrogen (secondary N) is 2. The van der Waals surface area contributed by atoms with E-state index in [9.17, 15) is 13.2 Å². The van der Waals surface area contributed by atoms with Gasteiger partial charge in [-0.15, -0.1) is 0 Å². The van der Waals surface area contributed by atoms with E-state index >= 15 is 0 Å². The number of anilines is 1. The number of carbonyl (C=O) groups excluding carboxylic acids is 1. The zero-order valence-corrected chi connectivity index (χ0v) is 16.3. The molecule has 0 radical (unpaired) electrons. The highest BCUT2D eigenvalue weighted by Gasteiger charge is 2.53. The van der Waals surface area contributed by atoms with Crippen LogP contribution in [0.3, 0.4) is 0 Å². The van der Waals surface area contributed by atoms with E-state index in [0.717, 1.165) is 17.8 Å². The van der Waals surface area contributed by atoms with Gasteiger partial charge in [-0.25, -0.2) is 13.1 Å². The van der Waals surface area contributed by atoms with Crippen LogP contribution in [0.4, 0.5) is 5.69 Å². The van der Waals surface area contributed by atoms with Crippen LogP contribution in [0.15, 0.2) is 29.2 Å². The summed E-state index contributed by atoms with van der Waals surface area (Å²) >= 11 is 0. The third-order valence-corrected chi connectivity index (χ3v) is 8.38. The highest BCUT2D eigenvalue weighted by atomic mass is 32.2. The van der Waals surface area contributed by atoms with E-state index in [4.69, 9.17) is 0 Å². The molecule has 1 amide bonds. The summed E-state index contributed by atoms with van der Waals surface area (Å²) in [5.41, 5.74) is 0.739. The Morgan fingerprint density at radius 1 is 1.04 bits per heavy atom. The quantitative estimate of drug-likeness (QED) is 0.825. The van der Waals surface area contributed by atoms with Gasteiger partial charge in [0.2, 0.25) is 15.9 Å². The third-order valence-electron chi connectivity index (χ3n) is 6.82. The number of amides is 1. The normalized spacial score (nSPS) is 33.8. The first-order valence-electron chi connectivity index (χ1n) is 9.66. The number of benzene rings is 1. The Hall–Kier alpha value is -1.40. The average Bonchev–Trinajstić information content (AvgIpc) is 2.53. The molecule has 6 heteroatoms. The molecular weight excluding hydrogens is 348 g/mol. The van der Waals surface area contributed by atoms with Crippen molar-refractivity contribution in [3.63, 3.8) is 0 Å². The van der Waals surface area contributed by atoms with Crippen LogP contribution in [0.5, 0.6) is 0 Å². The van der Waals surface area contributed by atoms with Crippen molar-refractivity contribution >= 4 is 21.6 Å². The van der Waals surface area contributed by atoms with E-state index in [1.807, 2.05) is 0 Å². The van der Waals surface area contributed by atoms with E-state index in [1.54, 1.807) is 24.3 Å². The van der Waals surface area contributed by atoms with Crippen LogP contribution < -0.4 is 10.0 Å². The molecule has 0 saturated heterocycles. The van der Waals surface area contributed by atoms with Crippen LogP contribution in [0.2, 0.25) is 0 Å². The van der Waals surface area contributed by atoms with Gasteiger partial charge in [0.25, 0.3) is 0 Å². The van der Waals surface area contributed by atoms with Crippen LogP contribution in [0.25, 0.3) is 0 Å². The van der Waals surface area contributed by atoms with Crippen molar-refractivity contribution in [1.82, 2.24) is 4.72 Å². The number of rotatable bonds is 5. The lowest BCUT2D eigenvalue weighted by atomic mass is 9.48. The highest BCUT2D eigenvalue weighted by Crippen LogP contribution is 2.61. The lowest BCUT2D eigenvalue weighted by Crippen LogP contribution is -2.55. The lowest BCUT2D eigenvalue weighted by Gasteiger charge is -2.59. The molecule has 26 heavy (non-hydrogen) atoms. The molecule has 4 saturated carbocycles. The molecule has 0 aliphatic heterocycles. The molecule has 0 spiro atoms. The highest BCUT2D eigenvalue weighted by molar-refractivity contribution is 7.89. The van der Waals surface area contributed by atoms with E-state index in [-0.39, 0.29) is 22.3 Å². The Kier molecular flexibility index (Phi) is 4.39. The van der Waals surface area contributed by atoms with Crippen LogP contribution in [-0.4, -0.2) is 20.4 Å².